The molecule has 0 radical (unpaired) electrons. The second-order valence-electron chi connectivity index (χ2n) is 4.86. The van der Waals surface area contributed by atoms with Gasteiger partial charge in [0, 0.05) is 11.0 Å². The average molecular weight is 227 g/mol. The van der Waals surface area contributed by atoms with E-state index in [4.69, 9.17) is 17.4 Å². The van der Waals surface area contributed by atoms with E-state index in [9.17, 15) is 4.39 Å². The zero-order valence-electron chi connectivity index (χ0n) is 8.19. The quantitative estimate of drug-likeness (QED) is 0.599. The lowest BCUT2D eigenvalue weighted by molar-refractivity contribution is -0.0884. The van der Waals surface area contributed by atoms with E-state index in [0.29, 0.717) is 0 Å². The second-order valence-corrected chi connectivity index (χ2v) is 5.27. The van der Waals surface area contributed by atoms with Crippen molar-refractivity contribution in [3.8, 4) is 0 Å². The van der Waals surface area contributed by atoms with Gasteiger partial charge in [-0.3, -0.25) is 11.3 Å². The molecule has 3 saturated carbocycles. The highest BCUT2D eigenvalue weighted by molar-refractivity contribution is 6.30. The van der Waals surface area contributed by atoms with Crippen molar-refractivity contribution in [2.24, 2.45) is 5.84 Å². The van der Waals surface area contributed by atoms with Gasteiger partial charge in [0.2, 0.25) is 0 Å². The molecule has 80 valence electrons. The molecule has 4 rings (SSSR count). The first-order valence-corrected chi connectivity index (χ1v) is 5.40. The fraction of sp³-hybridized carbons (Fsp3) is 0.455. The lowest BCUT2D eigenvalue weighted by Gasteiger charge is -2.70. The molecule has 15 heavy (non-hydrogen) atoms. The summed E-state index contributed by atoms with van der Waals surface area (Å²) in [5, 5.41) is 0.192. The number of hydrogen-bond donors (Lipinski definition) is 2. The summed E-state index contributed by atoms with van der Waals surface area (Å²) in [5.74, 6) is 5.13. The van der Waals surface area contributed by atoms with Gasteiger partial charge in [-0.2, -0.15) is 0 Å². The number of hydrogen-bond acceptors (Lipinski definition) is 2. The van der Waals surface area contributed by atoms with E-state index in [0.717, 1.165) is 24.8 Å². The molecule has 2 nitrogen and oxygen atoms in total. The third-order valence-corrected chi connectivity index (χ3v) is 4.18. The molecule has 4 heteroatoms. The molecule has 0 unspecified atom stereocenters. The number of halogens is 2. The standard InChI is InChI=1S/C11H12ClFN2/c12-8-2-1-7(3-9(8)13)10-4-11(5-10,6-10)15-14/h1-3,15H,4-6,14H2. The van der Waals surface area contributed by atoms with Gasteiger partial charge in [0.05, 0.1) is 5.02 Å². The molecule has 3 fully saturated rings. The fourth-order valence-electron chi connectivity index (χ4n) is 3.07. The van der Waals surface area contributed by atoms with Crippen molar-refractivity contribution in [2.45, 2.75) is 30.2 Å². The lowest BCUT2D eigenvalue weighted by Crippen LogP contribution is -2.77. The van der Waals surface area contributed by atoms with Gasteiger partial charge in [-0.25, -0.2) is 4.39 Å². The van der Waals surface area contributed by atoms with Gasteiger partial charge in [-0.1, -0.05) is 17.7 Å². The Labute approximate surface area is 92.6 Å². The third kappa shape index (κ3) is 1.11. The van der Waals surface area contributed by atoms with E-state index in [1.165, 1.54) is 0 Å². The summed E-state index contributed by atoms with van der Waals surface area (Å²) in [5.41, 5.74) is 4.20. The van der Waals surface area contributed by atoms with Crippen LogP contribution in [0.4, 0.5) is 4.39 Å². The van der Waals surface area contributed by atoms with Gasteiger partial charge in [0.25, 0.3) is 0 Å². The van der Waals surface area contributed by atoms with E-state index < -0.39 is 0 Å². The first-order valence-electron chi connectivity index (χ1n) is 5.03. The minimum atomic E-state index is -0.325. The number of nitrogens with one attached hydrogen (secondary N) is 1. The van der Waals surface area contributed by atoms with Crippen LogP contribution in [-0.2, 0) is 5.41 Å². The Morgan fingerprint density at radius 2 is 2.00 bits per heavy atom. The van der Waals surface area contributed by atoms with Crippen LogP contribution in [0.3, 0.4) is 0 Å². The normalized spacial score (nSPS) is 37.0. The van der Waals surface area contributed by atoms with Crippen molar-refractivity contribution in [1.82, 2.24) is 5.43 Å². The van der Waals surface area contributed by atoms with Crippen LogP contribution in [0.1, 0.15) is 24.8 Å². The van der Waals surface area contributed by atoms with Gasteiger partial charge in [0.15, 0.2) is 0 Å². The summed E-state index contributed by atoms with van der Waals surface area (Å²) in [7, 11) is 0. The molecule has 0 heterocycles. The van der Waals surface area contributed by atoms with E-state index >= 15 is 0 Å². The molecule has 0 atom stereocenters. The Bertz CT molecular complexity index is 413. The molecule has 3 aliphatic carbocycles. The fourth-order valence-corrected chi connectivity index (χ4v) is 3.19. The van der Waals surface area contributed by atoms with Crippen molar-refractivity contribution < 1.29 is 4.39 Å². The zero-order valence-corrected chi connectivity index (χ0v) is 8.94. The highest BCUT2D eigenvalue weighted by Gasteiger charge is 2.68. The molecule has 0 amide bonds. The number of rotatable bonds is 2. The predicted octanol–water partition coefficient (Wildman–Crippen LogP) is 2.12. The van der Waals surface area contributed by atoms with E-state index in [1.54, 1.807) is 12.1 Å². The maximum absolute atomic E-state index is 13.3. The van der Waals surface area contributed by atoms with Crippen LogP contribution in [0.2, 0.25) is 5.02 Å². The van der Waals surface area contributed by atoms with Gasteiger partial charge in [-0.15, -0.1) is 0 Å². The van der Waals surface area contributed by atoms with Crippen LogP contribution >= 0.6 is 11.6 Å². The third-order valence-electron chi connectivity index (χ3n) is 3.87. The summed E-state index contributed by atoms with van der Waals surface area (Å²) < 4.78 is 13.3. The first-order chi connectivity index (χ1) is 7.09. The maximum Gasteiger partial charge on any atom is 0.142 e. The van der Waals surface area contributed by atoms with Crippen molar-refractivity contribution in [1.29, 1.82) is 0 Å². The molecule has 0 aliphatic heterocycles. The Morgan fingerprint density at radius 3 is 2.53 bits per heavy atom. The van der Waals surface area contributed by atoms with Crippen LogP contribution in [0.25, 0.3) is 0 Å². The van der Waals surface area contributed by atoms with Crippen LogP contribution < -0.4 is 11.3 Å². The van der Waals surface area contributed by atoms with E-state index in [1.807, 2.05) is 6.07 Å². The molecule has 3 N–H and O–H groups in total. The predicted molar refractivity (Wildman–Crippen MR) is 57.0 cm³/mol. The van der Waals surface area contributed by atoms with Gasteiger partial charge >= 0.3 is 0 Å². The van der Waals surface area contributed by atoms with E-state index in [-0.39, 0.29) is 21.8 Å². The van der Waals surface area contributed by atoms with Crippen LogP contribution in [0.15, 0.2) is 18.2 Å². The summed E-state index contributed by atoms with van der Waals surface area (Å²) >= 11 is 5.65. The van der Waals surface area contributed by atoms with Gasteiger partial charge in [0.1, 0.15) is 5.82 Å². The van der Waals surface area contributed by atoms with Gasteiger partial charge < -0.3 is 0 Å². The molecule has 2 bridgehead atoms. The minimum Gasteiger partial charge on any atom is -0.271 e. The van der Waals surface area contributed by atoms with Crippen LogP contribution in [-0.4, -0.2) is 5.54 Å². The molecule has 0 spiro atoms. The Kier molecular flexibility index (Phi) is 1.74. The van der Waals surface area contributed by atoms with Gasteiger partial charge in [-0.05, 0) is 37.0 Å². The average Bonchev–Trinajstić information content (AvgIpc) is 2.07. The minimum absolute atomic E-state index is 0.135. The number of nitrogens with two attached hydrogens (primary N) is 1. The van der Waals surface area contributed by atoms with E-state index in [2.05, 4.69) is 5.43 Å². The van der Waals surface area contributed by atoms with Crippen molar-refractivity contribution in [2.75, 3.05) is 0 Å². The Balaban J connectivity index is 1.88. The Hall–Kier alpha value is -0.640. The lowest BCUT2D eigenvalue weighted by atomic mass is 9.38. The zero-order chi connectivity index (χ0) is 10.7. The largest absolute Gasteiger partial charge is 0.271 e. The van der Waals surface area contributed by atoms with Crippen molar-refractivity contribution in [3.05, 3.63) is 34.6 Å². The highest BCUT2D eigenvalue weighted by Crippen LogP contribution is 2.67. The molecule has 0 aromatic heterocycles. The topological polar surface area (TPSA) is 38.0 Å². The van der Waals surface area contributed by atoms with Crippen molar-refractivity contribution in [3.63, 3.8) is 0 Å². The Morgan fingerprint density at radius 1 is 1.33 bits per heavy atom. The van der Waals surface area contributed by atoms with Crippen LogP contribution in [0, 0.1) is 5.82 Å². The second kappa shape index (κ2) is 2.73. The number of benzene rings is 1. The first kappa shape index (κ1) is 9.58. The monoisotopic (exact) mass is 226 g/mol. The van der Waals surface area contributed by atoms with Crippen molar-refractivity contribution >= 4 is 11.6 Å². The summed E-state index contributed by atoms with van der Waals surface area (Å²) in [6, 6.07) is 5.11. The molecular weight excluding hydrogens is 215 g/mol. The molecule has 1 aromatic rings. The smallest absolute Gasteiger partial charge is 0.142 e. The summed E-state index contributed by atoms with van der Waals surface area (Å²) in [4.78, 5) is 0. The molecular formula is C11H12ClFN2. The maximum atomic E-state index is 13.3. The highest BCUT2D eigenvalue weighted by atomic mass is 35.5. The SMILES string of the molecule is NNC12CC(c3ccc(Cl)c(F)c3)(C1)C2. The molecule has 1 aromatic carbocycles. The summed E-state index contributed by atoms with van der Waals surface area (Å²) in [6.07, 6.45) is 3.03. The number of hydrazine groups is 1. The van der Waals surface area contributed by atoms with Crippen LogP contribution in [0.5, 0.6) is 0 Å². The molecule has 0 saturated heterocycles. The summed E-state index contributed by atoms with van der Waals surface area (Å²) in [6.45, 7) is 0. The molecule has 3 aliphatic rings.